The third-order valence-electron chi connectivity index (χ3n) is 2.24. The molecule has 0 saturated carbocycles. The molecule has 0 atom stereocenters. The molecule has 0 spiro atoms. The van der Waals surface area contributed by atoms with Gasteiger partial charge >= 0.3 is 0 Å². The third-order valence-corrected chi connectivity index (χ3v) is 3.22. The number of aromatic nitrogens is 2. The first kappa shape index (κ1) is 11.7. The van der Waals surface area contributed by atoms with E-state index in [1.807, 2.05) is 12.1 Å². The summed E-state index contributed by atoms with van der Waals surface area (Å²) in [7, 11) is 1.56. The van der Waals surface area contributed by atoms with Crippen LogP contribution >= 0.6 is 11.8 Å². The minimum atomic E-state index is -0.0171. The first-order valence-corrected chi connectivity index (χ1v) is 5.89. The molecule has 0 fully saturated rings. The van der Waals surface area contributed by atoms with Crippen molar-refractivity contribution in [2.45, 2.75) is 17.0 Å². The number of Topliss-reactive ketones (excluding diaryl/α,β-unsaturated/α-hetero) is 1. The van der Waals surface area contributed by atoms with Gasteiger partial charge in [-0.05, 0) is 19.1 Å². The van der Waals surface area contributed by atoms with E-state index in [9.17, 15) is 4.79 Å². The predicted molar refractivity (Wildman–Crippen MR) is 65.7 cm³/mol. The number of nitrogens with zero attached hydrogens (tertiary/aromatic N) is 1. The zero-order valence-electron chi connectivity index (χ0n) is 9.56. The van der Waals surface area contributed by atoms with Gasteiger partial charge in [0.05, 0.1) is 12.7 Å². The molecule has 0 unspecified atom stereocenters. The minimum absolute atomic E-state index is 0.0171. The monoisotopic (exact) mass is 248 g/mol. The van der Waals surface area contributed by atoms with Crippen molar-refractivity contribution < 1.29 is 9.53 Å². The van der Waals surface area contributed by atoms with Crippen LogP contribution in [0.2, 0.25) is 0 Å². The molecule has 2 aromatic rings. The molecule has 0 aliphatic rings. The molecule has 0 bridgehead atoms. The van der Waals surface area contributed by atoms with Crippen LogP contribution in [0.3, 0.4) is 0 Å². The van der Waals surface area contributed by atoms with Crippen molar-refractivity contribution in [1.29, 1.82) is 0 Å². The van der Waals surface area contributed by atoms with Gasteiger partial charge in [-0.3, -0.25) is 4.79 Å². The van der Waals surface area contributed by atoms with Gasteiger partial charge in [0.15, 0.2) is 10.9 Å². The molecule has 2 rings (SSSR count). The summed E-state index contributed by atoms with van der Waals surface area (Å²) in [5.41, 5.74) is 0.594. The Balaban J connectivity index is 2.42. The van der Waals surface area contributed by atoms with Gasteiger partial charge in [0, 0.05) is 17.3 Å². The zero-order valence-corrected chi connectivity index (χ0v) is 10.4. The molecule has 0 saturated heterocycles. The normalized spacial score (nSPS) is 10.2. The Bertz CT molecular complexity index is 523. The van der Waals surface area contributed by atoms with Crippen LogP contribution in [-0.4, -0.2) is 22.9 Å². The smallest absolute Gasteiger partial charge is 0.170 e. The molecule has 1 aromatic heterocycles. The van der Waals surface area contributed by atoms with Gasteiger partial charge in [0.2, 0.25) is 0 Å². The average Bonchev–Trinajstić information content (AvgIpc) is 2.81. The van der Waals surface area contributed by atoms with Crippen molar-refractivity contribution in [3.63, 3.8) is 0 Å². The predicted octanol–water partition coefficient (Wildman–Crippen LogP) is 2.77. The molecule has 17 heavy (non-hydrogen) atoms. The number of rotatable bonds is 4. The van der Waals surface area contributed by atoms with Crippen molar-refractivity contribution in [2.24, 2.45) is 0 Å². The summed E-state index contributed by atoms with van der Waals surface area (Å²) in [6.07, 6.45) is 3.42. The van der Waals surface area contributed by atoms with Gasteiger partial charge in [0.1, 0.15) is 5.75 Å². The van der Waals surface area contributed by atoms with Crippen LogP contribution in [0.15, 0.2) is 40.6 Å². The molecule has 5 heteroatoms. The Labute approximate surface area is 103 Å². The van der Waals surface area contributed by atoms with E-state index in [0.717, 1.165) is 10.1 Å². The highest BCUT2D eigenvalue weighted by Crippen LogP contribution is 2.33. The number of nitrogens with one attached hydrogen (secondary N) is 1. The second kappa shape index (κ2) is 5.05. The van der Waals surface area contributed by atoms with Gasteiger partial charge in [-0.1, -0.05) is 17.8 Å². The van der Waals surface area contributed by atoms with Crippen molar-refractivity contribution in [1.82, 2.24) is 9.97 Å². The molecule has 0 aliphatic heterocycles. The van der Waals surface area contributed by atoms with E-state index < -0.39 is 0 Å². The van der Waals surface area contributed by atoms with Crippen LogP contribution in [0.4, 0.5) is 0 Å². The maximum absolute atomic E-state index is 11.7. The van der Waals surface area contributed by atoms with Gasteiger partial charge < -0.3 is 9.72 Å². The van der Waals surface area contributed by atoms with Crippen LogP contribution in [0.5, 0.6) is 5.75 Å². The molecule has 0 amide bonds. The standard InChI is InChI=1S/C12H12N2O2S/c1-8(15)11-9(16-2)4-3-5-10(11)17-12-13-6-7-14-12/h3-7H,1-2H3,(H,13,14). The second-order valence-corrected chi connectivity index (χ2v) is 4.42. The summed E-state index contributed by atoms with van der Waals surface area (Å²) in [5.74, 6) is 0.575. The van der Waals surface area contributed by atoms with E-state index in [0.29, 0.717) is 11.3 Å². The fraction of sp³-hybridized carbons (Fsp3) is 0.167. The Morgan fingerprint density at radius 2 is 2.29 bits per heavy atom. The minimum Gasteiger partial charge on any atom is -0.496 e. The zero-order chi connectivity index (χ0) is 12.3. The van der Waals surface area contributed by atoms with E-state index in [-0.39, 0.29) is 5.78 Å². The molecule has 88 valence electrons. The lowest BCUT2D eigenvalue weighted by Crippen LogP contribution is -1.99. The van der Waals surface area contributed by atoms with Crippen molar-refractivity contribution in [2.75, 3.05) is 7.11 Å². The van der Waals surface area contributed by atoms with Gasteiger partial charge in [-0.15, -0.1) is 0 Å². The lowest BCUT2D eigenvalue weighted by Gasteiger charge is -2.09. The number of benzene rings is 1. The lowest BCUT2D eigenvalue weighted by molar-refractivity contribution is 0.101. The SMILES string of the molecule is COc1cccc(Sc2ncc[nH]2)c1C(C)=O. The first-order chi connectivity index (χ1) is 8.22. The molecule has 1 N–H and O–H groups in total. The maximum atomic E-state index is 11.7. The van der Waals surface area contributed by atoms with Crippen LogP contribution in [0, 0.1) is 0 Å². The van der Waals surface area contributed by atoms with E-state index in [1.165, 1.54) is 18.7 Å². The highest BCUT2D eigenvalue weighted by molar-refractivity contribution is 7.99. The largest absolute Gasteiger partial charge is 0.496 e. The Morgan fingerprint density at radius 1 is 1.47 bits per heavy atom. The van der Waals surface area contributed by atoms with Crippen LogP contribution in [-0.2, 0) is 0 Å². The fourth-order valence-electron chi connectivity index (χ4n) is 1.52. The molecule has 0 radical (unpaired) electrons. The molecular formula is C12H12N2O2S. The summed E-state index contributed by atoms with van der Waals surface area (Å²) < 4.78 is 5.20. The first-order valence-electron chi connectivity index (χ1n) is 5.07. The quantitative estimate of drug-likeness (QED) is 0.845. The van der Waals surface area contributed by atoms with E-state index in [4.69, 9.17) is 4.74 Å². The summed E-state index contributed by atoms with van der Waals surface area (Å²) in [4.78, 5) is 19.6. The average molecular weight is 248 g/mol. The third kappa shape index (κ3) is 2.50. The van der Waals surface area contributed by atoms with E-state index >= 15 is 0 Å². The number of carbonyl (C=O) groups is 1. The number of ether oxygens (including phenoxy) is 1. The summed E-state index contributed by atoms with van der Waals surface area (Å²) in [5, 5.41) is 0.751. The number of hydrogen-bond acceptors (Lipinski definition) is 4. The van der Waals surface area contributed by atoms with Gasteiger partial charge in [-0.2, -0.15) is 0 Å². The number of aromatic amines is 1. The molecular weight excluding hydrogens is 236 g/mol. The maximum Gasteiger partial charge on any atom is 0.170 e. The van der Waals surface area contributed by atoms with Crippen molar-refractivity contribution in [3.8, 4) is 5.75 Å². The Kier molecular flexibility index (Phi) is 3.49. The van der Waals surface area contributed by atoms with Crippen molar-refractivity contribution in [3.05, 3.63) is 36.2 Å². The topological polar surface area (TPSA) is 55.0 Å². The number of imidazole rings is 1. The highest BCUT2D eigenvalue weighted by Gasteiger charge is 2.14. The van der Waals surface area contributed by atoms with E-state index in [1.54, 1.807) is 25.6 Å². The molecule has 4 nitrogen and oxygen atoms in total. The van der Waals surface area contributed by atoms with Gasteiger partial charge in [-0.25, -0.2) is 4.98 Å². The Hall–Kier alpha value is -1.75. The summed E-state index contributed by atoms with van der Waals surface area (Å²) >= 11 is 1.41. The number of methoxy groups -OCH3 is 1. The van der Waals surface area contributed by atoms with Crippen LogP contribution in [0.1, 0.15) is 17.3 Å². The van der Waals surface area contributed by atoms with Crippen LogP contribution < -0.4 is 4.74 Å². The molecule has 0 aliphatic carbocycles. The number of carbonyl (C=O) groups excluding carboxylic acids is 1. The Morgan fingerprint density at radius 3 is 2.88 bits per heavy atom. The lowest BCUT2D eigenvalue weighted by atomic mass is 10.1. The van der Waals surface area contributed by atoms with Crippen LogP contribution in [0.25, 0.3) is 0 Å². The van der Waals surface area contributed by atoms with E-state index in [2.05, 4.69) is 9.97 Å². The summed E-state index contributed by atoms with van der Waals surface area (Å²) in [6.45, 7) is 1.53. The second-order valence-electron chi connectivity index (χ2n) is 3.39. The summed E-state index contributed by atoms with van der Waals surface area (Å²) in [6, 6.07) is 5.52. The highest BCUT2D eigenvalue weighted by atomic mass is 32.2. The number of ketones is 1. The van der Waals surface area contributed by atoms with Crippen molar-refractivity contribution >= 4 is 17.5 Å². The number of H-pyrrole nitrogens is 1. The number of hydrogen-bond donors (Lipinski definition) is 1. The molecule has 1 heterocycles. The van der Waals surface area contributed by atoms with Gasteiger partial charge in [0.25, 0.3) is 0 Å². The molecule has 1 aromatic carbocycles. The fourth-order valence-corrected chi connectivity index (χ4v) is 2.47.